The zero-order chi connectivity index (χ0) is 15.6. The van der Waals surface area contributed by atoms with Gasteiger partial charge in [0.2, 0.25) is 0 Å². The Kier molecular flexibility index (Phi) is 3.84. The minimum Gasteiger partial charge on any atom is -0.478 e. The van der Waals surface area contributed by atoms with Gasteiger partial charge in [0.1, 0.15) is 5.69 Å². The maximum atomic E-state index is 12.3. The number of hydrogen-bond donors (Lipinski definition) is 1. The SMILES string of the molecule is CN(C(=O)c1ccc(=O)n(C)n1)c1ccc(C(=O)O)cc1. The molecule has 1 aromatic heterocycles. The van der Waals surface area contributed by atoms with Crippen LogP contribution >= 0.6 is 0 Å². The van der Waals surface area contributed by atoms with E-state index in [1.54, 1.807) is 7.05 Å². The quantitative estimate of drug-likeness (QED) is 0.899. The van der Waals surface area contributed by atoms with Gasteiger partial charge in [-0.1, -0.05) is 0 Å². The number of carboxylic acids is 1. The molecule has 0 bridgehead atoms. The van der Waals surface area contributed by atoms with Crippen molar-refractivity contribution in [1.29, 1.82) is 0 Å². The number of aromatic carboxylic acids is 1. The Morgan fingerprint density at radius 1 is 1.14 bits per heavy atom. The molecule has 1 N–H and O–H groups in total. The predicted molar refractivity (Wildman–Crippen MR) is 75.6 cm³/mol. The third-order valence-electron chi connectivity index (χ3n) is 2.99. The summed E-state index contributed by atoms with van der Waals surface area (Å²) >= 11 is 0. The highest BCUT2D eigenvalue weighted by atomic mass is 16.4. The Labute approximate surface area is 120 Å². The van der Waals surface area contributed by atoms with E-state index in [1.165, 1.54) is 48.3 Å². The summed E-state index contributed by atoms with van der Waals surface area (Å²) in [6, 6.07) is 8.51. The molecule has 0 spiro atoms. The molecule has 0 saturated heterocycles. The molecule has 7 nitrogen and oxygen atoms in total. The van der Waals surface area contributed by atoms with Crippen LogP contribution in [0.25, 0.3) is 0 Å². The van der Waals surface area contributed by atoms with Crippen LogP contribution in [0.2, 0.25) is 0 Å². The molecule has 2 aromatic rings. The second kappa shape index (κ2) is 5.58. The molecule has 108 valence electrons. The fourth-order valence-corrected chi connectivity index (χ4v) is 1.73. The van der Waals surface area contributed by atoms with Gasteiger partial charge in [-0.25, -0.2) is 9.48 Å². The molecule has 21 heavy (non-hydrogen) atoms. The number of rotatable bonds is 3. The summed E-state index contributed by atoms with van der Waals surface area (Å²) in [5.41, 5.74) is 0.488. The molecular formula is C14H13N3O4. The normalized spacial score (nSPS) is 10.2. The second-order valence-electron chi connectivity index (χ2n) is 4.40. The number of amides is 1. The number of hydrogen-bond acceptors (Lipinski definition) is 4. The molecule has 1 amide bonds. The van der Waals surface area contributed by atoms with Crippen LogP contribution in [-0.2, 0) is 7.05 Å². The molecule has 1 aromatic carbocycles. The molecular weight excluding hydrogens is 274 g/mol. The molecule has 0 aliphatic rings. The number of aromatic nitrogens is 2. The number of carboxylic acid groups (broad SMARTS) is 1. The zero-order valence-corrected chi connectivity index (χ0v) is 11.5. The Morgan fingerprint density at radius 3 is 2.29 bits per heavy atom. The maximum absolute atomic E-state index is 12.3. The molecule has 2 rings (SSSR count). The molecule has 0 fully saturated rings. The van der Waals surface area contributed by atoms with Crippen molar-refractivity contribution < 1.29 is 14.7 Å². The van der Waals surface area contributed by atoms with E-state index < -0.39 is 11.9 Å². The van der Waals surface area contributed by atoms with Gasteiger partial charge in [-0.05, 0) is 30.3 Å². The summed E-state index contributed by atoms with van der Waals surface area (Å²) in [5, 5.41) is 12.7. The van der Waals surface area contributed by atoms with E-state index in [9.17, 15) is 14.4 Å². The van der Waals surface area contributed by atoms with Crippen LogP contribution in [0.3, 0.4) is 0 Å². The van der Waals surface area contributed by atoms with Gasteiger partial charge in [-0.15, -0.1) is 0 Å². The molecule has 0 unspecified atom stereocenters. The number of benzene rings is 1. The van der Waals surface area contributed by atoms with Crippen LogP contribution < -0.4 is 10.5 Å². The predicted octanol–water partition coefficient (Wildman–Crippen LogP) is 0.755. The molecule has 1 heterocycles. The minimum absolute atomic E-state index is 0.127. The molecule has 7 heteroatoms. The minimum atomic E-state index is -1.03. The van der Waals surface area contributed by atoms with Gasteiger partial charge in [0.05, 0.1) is 5.56 Å². The van der Waals surface area contributed by atoms with Crippen molar-refractivity contribution in [2.45, 2.75) is 0 Å². The number of aryl methyl sites for hydroxylation is 1. The van der Waals surface area contributed by atoms with Crippen LogP contribution in [0.5, 0.6) is 0 Å². The summed E-state index contributed by atoms with van der Waals surface area (Å²) < 4.78 is 1.08. The van der Waals surface area contributed by atoms with Crippen molar-refractivity contribution in [3.05, 3.63) is 58.0 Å². The summed E-state index contributed by atoms with van der Waals surface area (Å²) in [5.74, 6) is -1.43. The second-order valence-corrected chi connectivity index (χ2v) is 4.40. The third-order valence-corrected chi connectivity index (χ3v) is 2.99. The third kappa shape index (κ3) is 2.97. The largest absolute Gasteiger partial charge is 0.478 e. The van der Waals surface area contributed by atoms with Crippen molar-refractivity contribution in [2.75, 3.05) is 11.9 Å². The Hall–Kier alpha value is -2.96. The molecule has 0 aliphatic carbocycles. The molecule has 0 aliphatic heterocycles. The van der Waals surface area contributed by atoms with E-state index in [1.807, 2.05) is 0 Å². The summed E-state index contributed by atoms with van der Waals surface area (Å²) in [6.45, 7) is 0. The van der Waals surface area contributed by atoms with E-state index >= 15 is 0 Å². The topological polar surface area (TPSA) is 92.5 Å². The first kappa shape index (κ1) is 14.4. The first-order valence-electron chi connectivity index (χ1n) is 6.06. The van der Waals surface area contributed by atoms with Crippen LogP contribution in [0, 0.1) is 0 Å². The average Bonchev–Trinajstić information content (AvgIpc) is 2.48. The number of anilines is 1. The van der Waals surface area contributed by atoms with Gasteiger partial charge in [-0.3, -0.25) is 9.59 Å². The number of nitrogens with zero attached hydrogens (tertiary/aromatic N) is 3. The van der Waals surface area contributed by atoms with Gasteiger partial charge in [0.15, 0.2) is 0 Å². The Balaban J connectivity index is 2.27. The molecule has 0 radical (unpaired) electrons. The first-order valence-corrected chi connectivity index (χ1v) is 6.06. The Morgan fingerprint density at radius 2 is 1.76 bits per heavy atom. The lowest BCUT2D eigenvalue weighted by Gasteiger charge is -2.17. The Bertz CT molecular complexity index is 750. The zero-order valence-electron chi connectivity index (χ0n) is 11.5. The van der Waals surface area contributed by atoms with Crippen molar-refractivity contribution in [1.82, 2.24) is 9.78 Å². The van der Waals surface area contributed by atoms with Crippen LogP contribution in [0.15, 0.2) is 41.2 Å². The standard InChI is InChI=1S/C14H13N3O4/c1-16(10-5-3-9(4-6-10)14(20)21)13(19)11-7-8-12(18)17(2)15-11/h3-8H,1-2H3,(H,20,21). The lowest BCUT2D eigenvalue weighted by molar-refractivity contribution is 0.0696. The van der Waals surface area contributed by atoms with Crippen LogP contribution in [-0.4, -0.2) is 33.8 Å². The van der Waals surface area contributed by atoms with Crippen molar-refractivity contribution >= 4 is 17.6 Å². The van der Waals surface area contributed by atoms with E-state index in [0.29, 0.717) is 5.69 Å². The van der Waals surface area contributed by atoms with E-state index in [4.69, 9.17) is 5.11 Å². The highest BCUT2D eigenvalue weighted by molar-refractivity contribution is 6.04. The fraction of sp³-hybridized carbons (Fsp3) is 0.143. The lowest BCUT2D eigenvalue weighted by atomic mass is 10.2. The highest BCUT2D eigenvalue weighted by Gasteiger charge is 2.16. The first-order chi connectivity index (χ1) is 9.90. The van der Waals surface area contributed by atoms with E-state index in [-0.39, 0.29) is 16.8 Å². The number of carbonyl (C=O) groups excluding carboxylic acids is 1. The van der Waals surface area contributed by atoms with Gasteiger partial charge in [-0.2, -0.15) is 5.10 Å². The van der Waals surface area contributed by atoms with Crippen molar-refractivity contribution in [3.63, 3.8) is 0 Å². The van der Waals surface area contributed by atoms with Gasteiger partial charge in [0, 0.05) is 25.8 Å². The van der Waals surface area contributed by atoms with Gasteiger partial charge < -0.3 is 10.0 Å². The monoisotopic (exact) mass is 287 g/mol. The van der Waals surface area contributed by atoms with E-state index in [0.717, 1.165) is 4.68 Å². The summed E-state index contributed by atoms with van der Waals surface area (Å²) in [4.78, 5) is 35.6. The van der Waals surface area contributed by atoms with Gasteiger partial charge >= 0.3 is 5.97 Å². The number of carbonyl (C=O) groups is 2. The van der Waals surface area contributed by atoms with Crippen LogP contribution in [0.4, 0.5) is 5.69 Å². The maximum Gasteiger partial charge on any atom is 0.335 e. The summed E-state index contributed by atoms with van der Waals surface area (Å²) in [7, 11) is 3.01. The van der Waals surface area contributed by atoms with Crippen molar-refractivity contribution in [3.8, 4) is 0 Å². The van der Waals surface area contributed by atoms with Crippen molar-refractivity contribution in [2.24, 2.45) is 7.05 Å². The average molecular weight is 287 g/mol. The molecule has 0 atom stereocenters. The smallest absolute Gasteiger partial charge is 0.335 e. The highest BCUT2D eigenvalue weighted by Crippen LogP contribution is 2.15. The summed E-state index contributed by atoms with van der Waals surface area (Å²) in [6.07, 6.45) is 0. The lowest BCUT2D eigenvalue weighted by Crippen LogP contribution is -2.30. The fourth-order valence-electron chi connectivity index (χ4n) is 1.73. The molecule has 0 saturated carbocycles. The van der Waals surface area contributed by atoms with Crippen LogP contribution in [0.1, 0.15) is 20.8 Å². The van der Waals surface area contributed by atoms with Gasteiger partial charge in [0.25, 0.3) is 11.5 Å². The van der Waals surface area contributed by atoms with E-state index in [2.05, 4.69) is 5.10 Å².